The van der Waals surface area contributed by atoms with Crippen LogP contribution in [0.4, 0.5) is 0 Å². The van der Waals surface area contributed by atoms with Gasteiger partial charge >= 0.3 is 11.9 Å². The Hall–Kier alpha value is -4.46. The third kappa shape index (κ3) is 10.2. The second-order valence-corrected chi connectivity index (χ2v) is 10.2. The van der Waals surface area contributed by atoms with Gasteiger partial charge in [0.05, 0.1) is 18.3 Å². The number of unbranched alkanes of at least 4 members (excludes halogenated alkanes) is 1. The number of rotatable bonds is 17. The fourth-order valence-corrected chi connectivity index (χ4v) is 4.63. The van der Waals surface area contributed by atoms with Crippen LogP contribution in [0.2, 0.25) is 0 Å². The summed E-state index contributed by atoms with van der Waals surface area (Å²) in [4.78, 5) is 24.6. The van der Waals surface area contributed by atoms with Crippen LogP contribution in [-0.4, -0.2) is 40.1 Å². The van der Waals surface area contributed by atoms with E-state index in [0.29, 0.717) is 39.3 Å². The van der Waals surface area contributed by atoms with E-state index in [1.807, 2.05) is 84.9 Å². The third-order valence-electron chi connectivity index (χ3n) is 6.94. The molecule has 4 aromatic rings. The molecule has 0 aliphatic heterocycles. The third-order valence-corrected chi connectivity index (χ3v) is 6.94. The summed E-state index contributed by atoms with van der Waals surface area (Å²) in [6.45, 7) is 2.80. The first-order valence-corrected chi connectivity index (χ1v) is 14.1. The first-order valence-electron chi connectivity index (χ1n) is 14.1. The van der Waals surface area contributed by atoms with Crippen LogP contribution in [-0.2, 0) is 29.3 Å². The van der Waals surface area contributed by atoms with Gasteiger partial charge in [0.1, 0.15) is 12.4 Å². The summed E-state index contributed by atoms with van der Waals surface area (Å²) in [6, 6.07) is 34.9. The summed E-state index contributed by atoms with van der Waals surface area (Å²) in [5, 5.41) is 18.3. The quantitative estimate of drug-likeness (QED) is 0.133. The van der Waals surface area contributed by atoms with E-state index in [0.717, 1.165) is 34.4 Å². The molecule has 0 aromatic heterocycles. The second kappa shape index (κ2) is 16.1. The average molecular weight is 568 g/mol. The molecule has 0 bridgehead atoms. The SMILES string of the molecule is O=C(O)CCCCN(Cc1ccc(C(=O)O)cc1)CC(OCc1ccc(OCc2ccccc2)cc1)c1ccccc1. The lowest BCUT2D eigenvalue weighted by atomic mass is 10.1. The monoisotopic (exact) mass is 567 g/mol. The maximum Gasteiger partial charge on any atom is 0.335 e. The van der Waals surface area contributed by atoms with Crippen molar-refractivity contribution in [1.82, 2.24) is 4.90 Å². The predicted octanol–water partition coefficient (Wildman–Crippen LogP) is 6.98. The molecule has 1 unspecified atom stereocenters. The zero-order valence-corrected chi connectivity index (χ0v) is 23.6. The van der Waals surface area contributed by atoms with Crippen molar-refractivity contribution in [2.45, 2.75) is 45.1 Å². The van der Waals surface area contributed by atoms with Gasteiger partial charge in [-0.15, -0.1) is 0 Å². The lowest BCUT2D eigenvalue weighted by Gasteiger charge is -2.28. The summed E-state index contributed by atoms with van der Waals surface area (Å²) in [7, 11) is 0. The Morgan fingerprint density at radius 3 is 1.95 bits per heavy atom. The number of hydrogen-bond acceptors (Lipinski definition) is 5. The summed E-state index contributed by atoms with van der Waals surface area (Å²) in [5.74, 6) is -0.961. The maximum absolute atomic E-state index is 11.3. The van der Waals surface area contributed by atoms with E-state index in [9.17, 15) is 14.7 Å². The molecule has 218 valence electrons. The average Bonchev–Trinajstić information content (AvgIpc) is 3.01. The van der Waals surface area contributed by atoms with Gasteiger partial charge in [-0.2, -0.15) is 0 Å². The predicted molar refractivity (Wildman–Crippen MR) is 161 cm³/mol. The minimum absolute atomic E-state index is 0.130. The fourth-order valence-electron chi connectivity index (χ4n) is 4.63. The van der Waals surface area contributed by atoms with Crippen molar-refractivity contribution in [3.63, 3.8) is 0 Å². The number of carbonyl (C=O) groups is 2. The molecule has 0 heterocycles. The van der Waals surface area contributed by atoms with Crippen LogP contribution in [0.25, 0.3) is 0 Å². The highest BCUT2D eigenvalue weighted by Gasteiger charge is 2.18. The molecular formula is C35H37NO6. The van der Waals surface area contributed by atoms with Crippen molar-refractivity contribution < 1.29 is 29.3 Å². The van der Waals surface area contributed by atoms with E-state index in [2.05, 4.69) is 17.0 Å². The molecule has 7 heteroatoms. The van der Waals surface area contributed by atoms with Crippen LogP contribution in [0.3, 0.4) is 0 Å². The molecule has 0 saturated heterocycles. The Morgan fingerprint density at radius 1 is 0.690 bits per heavy atom. The van der Waals surface area contributed by atoms with Gasteiger partial charge in [-0.05, 0) is 65.9 Å². The highest BCUT2D eigenvalue weighted by molar-refractivity contribution is 5.87. The molecular weight excluding hydrogens is 530 g/mol. The molecule has 1 atom stereocenters. The molecule has 4 aromatic carbocycles. The smallest absolute Gasteiger partial charge is 0.335 e. The number of ether oxygens (including phenoxy) is 2. The highest BCUT2D eigenvalue weighted by Crippen LogP contribution is 2.23. The van der Waals surface area contributed by atoms with Crippen molar-refractivity contribution >= 4 is 11.9 Å². The molecule has 0 aliphatic rings. The second-order valence-electron chi connectivity index (χ2n) is 10.2. The fraction of sp³-hybridized carbons (Fsp3) is 0.257. The van der Waals surface area contributed by atoms with Gasteiger partial charge in [-0.25, -0.2) is 4.79 Å². The first kappa shape index (κ1) is 30.5. The van der Waals surface area contributed by atoms with Gasteiger partial charge in [0.15, 0.2) is 0 Å². The number of carboxylic acid groups (broad SMARTS) is 2. The molecule has 0 saturated carbocycles. The van der Waals surface area contributed by atoms with Crippen molar-refractivity contribution in [1.29, 1.82) is 0 Å². The van der Waals surface area contributed by atoms with Gasteiger partial charge in [0.2, 0.25) is 0 Å². The van der Waals surface area contributed by atoms with Crippen LogP contribution in [0.1, 0.15) is 58.0 Å². The van der Waals surface area contributed by atoms with Crippen molar-refractivity contribution in [3.8, 4) is 5.75 Å². The molecule has 0 spiro atoms. The summed E-state index contributed by atoms with van der Waals surface area (Å²) in [6.07, 6.45) is 1.22. The van der Waals surface area contributed by atoms with Crippen LogP contribution < -0.4 is 4.74 Å². The van der Waals surface area contributed by atoms with Gasteiger partial charge in [0, 0.05) is 19.5 Å². The molecule has 42 heavy (non-hydrogen) atoms. The van der Waals surface area contributed by atoms with Gasteiger partial charge in [-0.1, -0.05) is 84.9 Å². The van der Waals surface area contributed by atoms with E-state index in [1.54, 1.807) is 12.1 Å². The zero-order valence-electron chi connectivity index (χ0n) is 23.6. The maximum atomic E-state index is 11.3. The van der Waals surface area contributed by atoms with Crippen LogP contribution in [0, 0.1) is 0 Å². The molecule has 0 radical (unpaired) electrons. The van der Waals surface area contributed by atoms with Crippen LogP contribution in [0.15, 0.2) is 109 Å². The normalized spacial score (nSPS) is 11.7. The van der Waals surface area contributed by atoms with E-state index >= 15 is 0 Å². The van der Waals surface area contributed by atoms with Crippen molar-refractivity contribution in [2.75, 3.05) is 13.1 Å². The number of nitrogens with zero attached hydrogens (tertiary/aromatic N) is 1. The minimum atomic E-state index is -0.958. The summed E-state index contributed by atoms with van der Waals surface area (Å²) >= 11 is 0. The Bertz CT molecular complexity index is 1370. The van der Waals surface area contributed by atoms with E-state index in [1.165, 1.54) is 0 Å². The van der Waals surface area contributed by atoms with E-state index in [-0.39, 0.29) is 18.1 Å². The topological polar surface area (TPSA) is 96.3 Å². The number of aliphatic carboxylic acids is 1. The number of benzene rings is 4. The Kier molecular flexibility index (Phi) is 11.7. The van der Waals surface area contributed by atoms with E-state index < -0.39 is 11.9 Å². The number of aromatic carboxylic acids is 1. The van der Waals surface area contributed by atoms with Gasteiger partial charge in [-0.3, -0.25) is 9.69 Å². The molecule has 7 nitrogen and oxygen atoms in total. The Labute approximate surface area is 247 Å². The van der Waals surface area contributed by atoms with Crippen LogP contribution in [0.5, 0.6) is 5.75 Å². The molecule has 0 aliphatic carbocycles. The Morgan fingerprint density at radius 2 is 1.31 bits per heavy atom. The van der Waals surface area contributed by atoms with Crippen LogP contribution >= 0.6 is 0 Å². The van der Waals surface area contributed by atoms with Gasteiger partial charge in [0.25, 0.3) is 0 Å². The molecule has 4 rings (SSSR count). The Balaban J connectivity index is 1.42. The van der Waals surface area contributed by atoms with Gasteiger partial charge < -0.3 is 19.7 Å². The molecule has 0 fully saturated rings. The van der Waals surface area contributed by atoms with E-state index in [4.69, 9.17) is 14.6 Å². The number of carboxylic acids is 2. The molecule has 0 amide bonds. The lowest BCUT2D eigenvalue weighted by Crippen LogP contribution is -2.30. The molecule has 2 N–H and O–H groups in total. The largest absolute Gasteiger partial charge is 0.489 e. The summed E-state index contributed by atoms with van der Waals surface area (Å²) < 4.78 is 12.4. The van der Waals surface area contributed by atoms with Crippen molar-refractivity contribution in [2.24, 2.45) is 0 Å². The standard InChI is InChI=1S/C35H37NO6/c37-34(38)13-7-8-22-36(23-27-14-18-31(19-15-27)35(39)40)24-33(30-11-5-2-6-12-30)42-26-29-16-20-32(21-17-29)41-25-28-9-3-1-4-10-28/h1-6,9-12,14-21,33H,7-8,13,22-26H2,(H,37,38)(H,39,40). The summed E-state index contributed by atoms with van der Waals surface area (Å²) in [5.41, 5.74) is 4.42. The lowest BCUT2D eigenvalue weighted by molar-refractivity contribution is -0.137. The highest BCUT2D eigenvalue weighted by atomic mass is 16.5. The van der Waals surface area contributed by atoms with Crippen molar-refractivity contribution in [3.05, 3.63) is 137 Å². The number of hydrogen-bond donors (Lipinski definition) is 2. The zero-order chi connectivity index (χ0) is 29.6. The first-order chi connectivity index (χ1) is 20.5. The minimum Gasteiger partial charge on any atom is -0.489 e.